The Morgan fingerprint density at radius 1 is 1.57 bits per heavy atom. The predicted octanol–water partition coefficient (Wildman–Crippen LogP) is 2.00. The second kappa shape index (κ2) is 5.63. The van der Waals surface area contributed by atoms with Gasteiger partial charge in [0.2, 0.25) is 0 Å². The van der Waals surface area contributed by atoms with Crippen molar-refractivity contribution < 1.29 is 4.74 Å². The molecule has 3 nitrogen and oxygen atoms in total. The Labute approximate surface area is 88.1 Å². The highest BCUT2D eigenvalue weighted by Gasteiger charge is 2.03. The largest absolute Gasteiger partial charge is 0.384 e. The minimum Gasteiger partial charge on any atom is -0.384 e. The van der Waals surface area contributed by atoms with Crippen molar-refractivity contribution in [2.45, 2.75) is 11.9 Å². The van der Waals surface area contributed by atoms with Crippen LogP contribution in [0.5, 0.6) is 0 Å². The first-order valence-corrected chi connectivity index (χ1v) is 5.26. The first kappa shape index (κ1) is 11.0. The van der Waals surface area contributed by atoms with E-state index in [0.29, 0.717) is 12.2 Å². The van der Waals surface area contributed by atoms with Gasteiger partial charge in [-0.3, -0.25) is 0 Å². The molecular formula is C10H12N2OS. The number of aryl methyl sites for hydroxylation is 1. The molecular weight excluding hydrogens is 196 g/mol. The quantitative estimate of drug-likeness (QED) is 0.561. The molecule has 0 atom stereocenters. The fraction of sp³-hybridized carbons (Fsp3) is 0.400. The lowest BCUT2D eigenvalue weighted by Gasteiger charge is -2.03. The summed E-state index contributed by atoms with van der Waals surface area (Å²) in [5.74, 6) is 0.821. The molecule has 1 rings (SSSR count). The summed E-state index contributed by atoms with van der Waals surface area (Å²) in [6, 6.07) is 5.77. The first-order chi connectivity index (χ1) is 6.77. The third-order valence-corrected chi connectivity index (χ3v) is 2.60. The van der Waals surface area contributed by atoms with Crippen LogP contribution in [-0.4, -0.2) is 24.5 Å². The molecule has 14 heavy (non-hydrogen) atoms. The molecule has 1 heterocycles. The van der Waals surface area contributed by atoms with Crippen LogP contribution < -0.4 is 0 Å². The number of nitriles is 1. The molecule has 0 aliphatic carbocycles. The van der Waals surface area contributed by atoms with E-state index in [1.807, 2.05) is 13.0 Å². The minimum atomic E-state index is 0.636. The highest BCUT2D eigenvalue weighted by molar-refractivity contribution is 7.99. The molecule has 0 amide bonds. The van der Waals surface area contributed by atoms with E-state index in [1.165, 1.54) is 0 Å². The van der Waals surface area contributed by atoms with E-state index >= 15 is 0 Å². The van der Waals surface area contributed by atoms with Crippen molar-refractivity contribution in [2.24, 2.45) is 0 Å². The van der Waals surface area contributed by atoms with E-state index in [2.05, 4.69) is 11.1 Å². The lowest BCUT2D eigenvalue weighted by Crippen LogP contribution is -1.95. The van der Waals surface area contributed by atoms with Gasteiger partial charge in [0.25, 0.3) is 0 Å². The third kappa shape index (κ3) is 3.02. The maximum atomic E-state index is 8.83. The summed E-state index contributed by atoms with van der Waals surface area (Å²) in [6.07, 6.45) is 0. The molecule has 0 saturated heterocycles. The Morgan fingerprint density at radius 2 is 2.36 bits per heavy atom. The van der Waals surface area contributed by atoms with Crippen LogP contribution in [0.15, 0.2) is 17.2 Å². The number of hydrogen-bond acceptors (Lipinski definition) is 4. The van der Waals surface area contributed by atoms with Crippen LogP contribution in [0.3, 0.4) is 0 Å². The fourth-order valence-corrected chi connectivity index (χ4v) is 1.87. The smallest absolute Gasteiger partial charge is 0.114 e. The molecule has 0 aromatic carbocycles. The topological polar surface area (TPSA) is 45.9 Å². The van der Waals surface area contributed by atoms with Gasteiger partial charge in [0.15, 0.2) is 0 Å². The summed E-state index contributed by atoms with van der Waals surface area (Å²) in [7, 11) is 1.66. The van der Waals surface area contributed by atoms with Crippen LogP contribution in [0.1, 0.15) is 11.3 Å². The van der Waals surface area contributed by atoms with Gasteiger partial charge in [-0.15, -0.1) is 11.8 Å². The van der Waals surface area contributed by atoms with Gasteiger partial charge in [-0.2, -0.15) is 5.26 Å². The highest BCUT2D eigenvalue weighted by atomic mass is 32.2. The van der Waals surface area contributed by atoms with Crippen molar-refractivity contribution >= 4 is 11.8 Å². The minimum absolute atomic E-state index is 0.636. The van der Waals surface area contributed by atoms with Gasteiger partial charge in [-0.1, -0.05) is 0 Å². The van der Waals surface area contributed by atoms with Gasteiger partial charge in [0.05, 0.1) is 12.2 Å². The third-order valence-electron chi connectivity index (χ3n) is 1.65. The van der Waals surface area contributed by atoms with Gasteiger partial charge in [-0.25, -0.2) is 4.98 Å². The number of ether oxygens (including phenoxy) is 1. The van der Waals surface area contributed by atoms with Gasteiger partial charge in [-0.05, 0) is 19.1 Å². The molecule has 4 heteroatoms. The SMILES string of the molecule is COCCSc1nc(C)ccc1C#N. The summed E-state index contributed by atoms with van der Waals surface area (Å²) >= 11 is 1.55. The number of nitrogens with zero attached hydrogens (tertiary/aromatic N) is 2. The predicted molar refractivity (Wildman–Crippen MR) is 56.3 cm³/mol. The van der Waals surface area contributed by atoms with E-state index in [9.17, 15) is 0 Å². The summed E-state index contributed by atoms with van der Waals surface area (Å²) in [5, 5.41) is 9.63. The molecule has 1 aromatic heterocycles. The summed E-state index contributed by atoms with van der Waals surface area (Å²) in [4.78, 5) is 4.30. The van der Waals surface area contributed by atoms with Crippen molar-refractivity contribution in [3.05, 3.63) is 23.4 Å². The van der Waals surface area contributed by atoms with E-state index < -0.39 is 0 Å². The number of pyridine rings is 1. The standard InChI is InChI=1S/C10H12N2OS/c1-8-3-4-9(7-11)10(12-8)14-6-5-13-2/h3-4H,5-6H2,1-2H3. The zero-order valence-corrected chi connectivity index (χ0v) is 9.10. The van der Waals surface area contributed by atoms with Gasteiger partial charge in [0, 0.05) is 18.6 Å². The molecule has 74 valence electrons. The van der Waals surface area contributed by atoms with E-state index in [4.69, 9.17) is 10.00 Å². The molecule has 0 spiro atoms. The van der Waals surface area contributed by atoms with E-state index in [-0.39, 0.29) is 0 Å². The highest BCUT2D eigenvalue weighted by Crippen LogP contribution is 2.19. The molecule has 0 saturated carbocycles. The van der Waals surface area contributed by atoms with E-state index in [0.717, 1.165) is 16.5 Å². The van der Waals surface area contributed by atoms with Crippen molar-refractivity contribution in [3.63, 3.8) is 0 Å². The number of hydrogen-bond donors (Lipinski definition) is 0. The Balaban J connectivity index is 2.73. The van der Waals surface area contributed by atoms with Crippen LogP contribution in [0, 0.1) is 18.3 Å². The average molecular weight is 208 g/mol. The normalized spacial score (nSPS) is 9.79. The molecule has 0 aliphatic heterocycles. The molecule has 0 bridgehead atoms. The Bertz CT molecular complexity index is 346. The Morgan fingerprint density at radius 3 is 3.00 bits per heavy atom. The zero-order chi connectivity index (χ0) is 10.4. The molecule has 0 fully saturated rings. The molecule has 0 radical (unpaired) electrons. The summed E-state index contributed by atoms with van der Waals surface area (Å²) in [5.41, 5.74) is 1.57. The van der Waals surface area contributed by atoms with Gasteiger partial charge < -0.3 is 4.74 Å². The number of methoxy groups -OCH3 is 1. The summed E-state index contributed by atoms with van der Waals surface area (Å²) < 4.78 is 4.94. The Kier molecular flexibility index (Phi) is 4.44. The monoisotopic (exact) mass is 208 g/mol. The van der Waals surface area contributed by atoms with Crippen molar-refractivity contribution in [1.29, 1.82) is 5.26 Å². The van der Waals surface area contributed by atoms with Crippen molar-refractivity contribution in [3.8, 4) is 6.07 Å². The average Bonchev–Trinajstić information content (AvgIpc) is 2.19. The number of thioether (sulfide) groups is 1. The lowest BCUT2D eigenvalue weighted by atomic mass is 10.3. The van der Waals surface area contributed by atoms with Crippen molar-refractivity contribution in [2.75, 3.05) is 19.5 Å². The maximum absolute atomic E-state index is 8.83. The van der Waals surface area contributed by atoms with Crippen LogP contribution in [0.4, 0.5) is 0 Å². The van der Waals surface area contributed by atoms with Gasteiger partial charge >= 0.3 is 0 Å². The van der Waals surface area contributed by atoms with Crippen LogP contribution in [-0.2, 0) is 4.74 Å². The Hall–Kier alpha value is -1.05. The van der Waals surface area contributed by atoms with E-state index in [1.54, 1.807) is 24.9 Å². The van der Waals surface area contributed by atoms with Crippen molar-refractivity contribution in [1.82, 2.24) is 4.98 Å². The maximum Gasteiger partial charge on any atom is 0.114 e. The van der Waals surface area contributed by atoms with Gasteiger partial charge in [0.1, 0.15) is 11.1 Å². The van der Waals surface area contributed by atoms with Crippen LogP contribution >= 0.6 is 11.8 Å². The summed E-state index contributed by atoms with van der Waals surface area (Å²) in [6.45, 7) is 2.59. The van der Waals surface area contributed by atoms with Crippen LogP contribution in [0.2, 0.25) is 0 Å². The number of rotatable bonds is 4. The second-order valence-corrected chi connectivity index (χ2v) is 3.84. The molecule has 1 aromatic rings. The lowest BCUT2D eigenvalue weighted by molar-refractivity contribution is 0.218. The molecule has 0 aliphatic rings. The number of aromatic nitrogens is 1. The van der Waals surface area contributed by atoms with Crippen LogP contribution in [0.25, 0.3) is 0 Å². The fourth-order valence-electron chi connectivity index (χ4n) is 0.950. The second-order valence-electron chi connectivity index (χ2n) is 2.76. The first-order valence-electron chi connectivity index (χ1n) is 4.27. The molecule has 0 unspecified atom stereocenters. The molecule has 0 N–H and O–H groups in total. The zero-order valence-electron chi connectivity index (χ0n) is 8.28.